The first-order valence-electron chi connectivity index (χ1n) is 11.2. The Labute approximate surface area is 208 Å². The number of sulfonamides is 2. The molecule has 0 spiro atoms. The fourth-order valence-electron chi connectivity index (χ4n) is 3.91. The number of imidazole rings is 1. The number of hydrogen-bond donors (Lipinski definition) is 1. The van der Waals surface area contributed by atoms with Gasteiger partial charge in [0.15, 0.2) is 0 Å². The molecule has 0 saturated carbocycles. The molecule has 5 aromatic rings. The summed E-state index contributed by atoms with van der Waals surface area (Å²) in [5, 5.41) is 1.37. The van der Waals surface area contributed by atoms with E-state index in [9.17, 15) is 16.8 Å². The summed E-state index contributed by atoms with van der Waals surface area (Å²) in [7, 11) is -7.60. The van der Waals surface area contributed by atoms with Gasteiger partial charge in [-0.15, -0.1) is 0 Å². The quantitative estimate of drug-likeness (QED) is 0.260. The molecule has 188 valence electrons. The normalized spacial score (nSPS) is 12.7. The first kappa shape index (κ1) is 24.3. The highest BCUT2D eigenvalue weighted by atomic mass is 32.2. The van der Waals surface area contributed by atoms with Crippen molar-refractivity contribution in [1.82, 2.24) is 18.6 Å². The molecule has 0 atom stereocenters. The maximum absolute atomic E-state index is 13.5. The number of fused-ring (bicyclic) bond motifs is 2. The van der Waals surface area contributed by atoms with E-state index in [1.165, 1.54) is 35.0 Å². The van der Waals surface area contributed by atoms with Crippen molar-refractivity contribution < 1.29 is 25.7 Å². The van der Waals surface area contributed by atoms with Gasteiger partial charge >= 0.3 is 0 Å². The van der Waals surface area contributed by atoms with E-state index in [1.807, 2.05) is 0 Å². The third-order valence-electron chi connectivity index (χ3n) is 5.84. The summed E-state index contributed by atoms with van der Waals surface area (Å²) >= 11 is 0. The molecule has 3 aromatic heterocycles. The highest BCUT2D eigenvalue weighted by Gasteiger charge is 2.25. The Morgan fingerprint density at radius 2 is 1.53 bits per heavy atom. The summed E-state index contributed by atoms with van der Waals surface area (Å²) in [5.74, 6) is 0. The Bertz CT molecular complexity index is 1690. The third-order valence-corrected chi connectivity index (χ3v) is 9.19. The van der Waals surface area contributed by atoms with E-state index in [2.05, 4.69) is 9.71 Å². The van der Waals surface area contributed by atoms with Crippen LogP contribution in [0.2, 0.25) is 0 Å². The Kier molecular flexibility index (Phi) is 6.67. The predicted octanol–water partition coefficient (Wildman–Crippen LogP) is 3.44. The Morgan fingerprint density at radius 1 is 0.861 bits per heavy atom. The van der Waals surface area contributed by atoms with Crippen molar-refractivity contribution >= 4 is 42.0 Å². The summed E-state index contributed by atoms with van der Waals surface area (Å²) in [6.45, 7) is 0.809. The van der Waals surface area contributed by atoms with Crippen LogP contribution in [0.15, 0.2) is 98.4 Å². The second-order valence-corrected chi connectivity index (χ2v) is 11.9. The lowest BCUT2D eigenvalue weighted by Crippen LogP contribution is -2.36. The van der Waals surface area contributed by atoms with Crippen molar-refractivity contribution in [3.05, 3.63) is 79.8 Å². The molecule has 3 heterocycles. The standard InChI is InChI=1S/C24H24N4O6S2/c29-35(30,21-2-4-23-19(16-21)6-14-33-23)26-8-1-10-28(13-12-27-11-9-25-18-27)36(31,32)22-3-5-24-20(17-22)7-15-34-24/h2-7,9,11,14-18,26H,1,8,10,12-13H2. The lowest BCUT2D eigenvalue weighted by Gasteiger charge is -2.22. The second kappa shape index (κ2) is 9.90. The van der Waals surface area contributed by atoms with Gasteiger partial charge in [0.1, 0.15) is 11.2 Å². The number of nitrogens with one attached hydrogen (secondary N) is 1. The zero-order valence-corrected chi connectivity index (χ0v) is 20.8. The largest absolute Gasteiger partial charge is 0.464 e. The highest BCUT2D eigenvalue weighted by molar-refractivity contribution is 7.89. The average molecular weight is 529 g/mol. The number of hydrogen-bond acceptors (Lipinski definition) is 7. The molecular weight excluding hydrogens is 504 g/mol. The topological polar surface area (TPSA) is 128 Å². The summed E-state index contributed by atoms with van der Waals surface area (Å²) in [6.07, 6.45) is 8.29. The van der Waals surface area contributed by atoms with Gasteiger partial charge in [-0.3, -0.25) is 0 Å². The lowest BCUT2D eigenvalue weighted by atomic mass is 10.3. The number of benzene rings is 2. The van der Waals surface area contributed by atoms with Crippen molar-refractivity contribution in [3.63, 3.8) is 0 Å². The van der Waals surface area contributed by atoms with Gasteiger partial charge in [-0.1, -0.05) is 0 Å². The van der Waals surface area contributed by atoms with Crippen LogP contribution in [0.25, 0.3) is 21.9 Å². The minimum absolute atomic E-state index is 0.0730. The molecule has 0 bridgehead atoms. The molecule has 0 saturated heterocycles. The van der Waals surface area contributed by atoms with Crippen LogP contribution in [0.3, 0.4) is 0 Å². The minimum atomic E-state index is -3.84. The van der Waals surface area contributed by atoms with Crippen molar-refractivity contribution in [1.29, 1.82) is 0 Å². The van der Waals surface area contributed by atoms with Crippen LogP contribution < -0.4 is 4.72 Å². The predicted molar refractivity (Wildman–Crippen MR) is 133 cm³/mol. The van der Waals surface area contributed by atoms with Gasteiger partial charge in [0.2, 0.25) is 20.0 Å². The minimum Gasteiger partial charge on any atom is -0.464 e. The van der Waals surface area contributed by atoms with Crippen molar-refractivity contribution in [2.24, 2.45) is 0 Å². The number of nitrogens with zero attached hydrogens (tertiary/aromatic N) is 3. The van der Waals surface area contributed by atoms with E-state index in [-0.39, 0.29) is 35.8 Å². The zero-order valence-electron chi connectivity index (χ0n) is 19.1. The maximum Gasteiger partial charge on any atom is 0.243 e. The number of furan rings is 2. The van der Waals surface area contributed by atoms with Crippen molar-refractivity contribution in [3.8, 4) is 0 Å². The van der Waals surface area contributed by atoms with Gasteiger partial charge in [-0.05, 0) is 55.0 Å². The Balaban J connectivity index is 1.28. The smallest absolute Gasteiger partial charge is 0.243 e. The Hall–Kier alpha value is -3.45. The van der Waals surface area contributed by atoms with E-state index in [0.29, 0.717) is 28.5 Å². The first-order chi connectivity index (χ1) is 17.3. The third kappa shape index (κ3) is 5.07. The maximum atomic E-state index is 13.5. The molecular formula is C24H24N4O6S2. The van der Waals surface area contributed by atoms with E-state index in [0.717, 1.165) is 0 Å². The molecule has 0 fully saturated rings. The summed E-state index contributed by atoms with van der Waals surface area (Å²) in [5.41, 5.74) is 1.20. The SMILES string of the molecule is O=S(=O)(NCCCN(CCn1ccnc1)S(=O)(=O)c1ccc2occc2c1)c1ccc2occc2c1. The molecule has 0 radical (unpaired) electrons. The van der Waals surface area contributed by atoms with Gasteiger partial charge in [-0.25, -0.2) is 26.5 Å². The molecule has 0 aliphatic heterocycles. The molecule has 12 heteroatoms. The van der Waals surface area contributed by atoms with E-state index in [1.54, 1.807) is 53.6 Å². The summed E-state index contributed by atoms with van der Waals surface area (Å²) in [4.78, 5) is 4.27. The lowest BCUT2D eigenvalue weighted by molar-refractivity contribution is 0.386. The summed E-state index contributed by atoms with van der Waals surface area (Å²) in [6, 6.07) is 12.7. The fraction of sp³-hybridized carbons (Fsp3) is 0.208. The fourth-order valence-corrected chi connectivity index (χ4v) is 6.52. The van der Waals surface area contributed by atoms with Gasteiger partial charge in [0.25, 0.3) is 0 Å². The molecule has 0 aliphatic carbocycles. The molecule has 1 N–H and O–H groups in total. The first-order valence-corrected chi connectivity index (χ1v) is 14.2. The molecule has 10 nitrogen and oxygen atoms in total. The van der Waals surface area contributed by atoms with E-state index >= 15 is 0 Å². The van der Waals surface area contributed by atoms with Gasteiger partial charge in [0, 0.05) is 49.3 Å². The van der Waals surface area contributed by atoms with Gasteiger partial charge in [0.05, 0.1) is 28.6 Å². The van der Waals surface area contributed by atoms with Crippen LogP contribution in [-0.4, -0.2) is 50.3 Å². The molecule has 2 aromatic carbocycles. The molecule has 0 aliphatic rings. The summed E-state index contributed by atoms with van der Waals surface area (Å²) < 4.78 is 68.8. The number of aromatic nitrogens is 2. The molecule has 36 heavy (non-hydrogen) atoms. The molecule has 5 rings (SSSR count). The highest BCUT2D eigenvalue weighted by Crippen LogP contribution is 2.23. The second-order valence-electron chi connectivity index (χ2n) is 8.20. The van der Waals surface area contributed by atoms with Crippen LogP contribution in [-0.2, 0) is 26.6 Å². The van der Waals surface area contributed by atoms with Crippen LogP contribution in [0, 0.1) is 0 Å². The Morgan fingerprint density at radius 3 is 2.19 bits per heavy atom. The van der Waals surface area contributed by atoms with Crippen LogP contribution >= 0.6 is 0 Å². The van der Waals surface area contributed by atoms with Gasteiger partial charge in [-0.2, -0.15) is 4.31 Å². The van der Waals surface area contributed by atoms with Crippen LogP contribution in [0.5, 0.6) is 0 Å². The van der Waals surface area contributed by atoms with Gasteiger partial charge < -0.3 is 13.4 Å². The van der Waals surface area contributed by atoms with Crippen LogP contribution in [0.4, 0.5) is 0 Å². The monoisotopic (exact) mass is 528 g/mol. The van der Waals surface area contributed by atoms with Crippen molar-refractivity contribution in [2.75, 3.05) is 19.6 Å². The van der Waals surface area contributed by atoms with Crippen molar-refractivity contribution in [2.45, 2.75) is 22.8 Å². The molecule has 0 amide bonds. The zero-order chi connectivity index (χ0) is 25.2. The number of rotatable bonds is 11. The van der Waals surface area contributed by atoms with Crippen LogP contribution in [0.1, 0.15) is 6.42 Å². The van der Waals surface area contributed by atoms with E-state index < -0.39 is 20.0 Å². The molecule has 0 unspecified atom stereocenters. The average Bonchev–Trinajstić information content (AvgIpc) is 3.64. The van der Waals surface area contributed by atoms with E-state index in [4.69, 9.17) is 8.83 Å².